The molecule has 1 atom stereocenters. The molecule has 0 radical (unpaired) electrons. The molecule has 2 aliphatic rings. The van der Waals surface area contributed by atoms with Crippen LogP contribution in [-0.2, 0) is 6.54 Å². The minimum absolute atomic E-state index is 0.784. The molecule has 1 aliphatic heterocycles. The van der Waals surface area contributed by atoms with Gasteiger partial charge in [-0.15, -0.1) is 0 Å². The summed E-state index contributed by atoms with van der Waals surface area (Å²) in [5, 5.41) is 3.61. The summed E-state index contributed by atoms with van der Waals surface area (Å²) < 4.78 is 2.19. The minimum Gasteiger partial charge on any atom is -0.337 e. The number of aryl methyl sites for hydroxylation is 1. The first kappa shape index (κ1) is 14.1. The first-order valence-electron chi connectivity index (χ1n) is 8.34. The third-order valence-electron chi connectivity index (χ3n) is 5.01. The highest BCUT2D eigenvalue weighted by molar-refractivity contribution is 4.87. The molecule has 1 unspecified atom stereocenters. The second kappa shape index (κ2) is 7.23. The van der Waals surface area contributed by atoms with Crippen LogP contribution in [0.15, 0.2) is 18.7 Å². The molecule has 20 heavy (non-hydrogen) atoms. The molecule has 1 aromatic rings. The van der Waals surface area contributed by atoms with E-state index in [1.807, 2.05) is 12.5 Å². The first-order valence-corrected chi connectivity index (χ1v) is 8.34. The van der Waals surface area contributed by atoms with Crippen LogP contribution in [0.4, 0.5) is 0 Å². The predicted octanol–water partition coefficient (Wildman–Crippen LogP) is 2.13. The van der Waals surface area contributed by atoms with Gasteiger partial charge < -0.3 is 9.88 Å². The van der Waals surface area contributed by atoms with E-state index in [0.29, 0.717) is 0 Å². The monoisotopic (exact) mass is 276 g/mol. The molecular weight excluding hydrogens is 248 g/mol. The van der Waals surface area contributed by atoms with Crippen molar-refractivity contribution in [3.63, 3.8) is 0 Å². The minimum atomic E-state index is 0.784. The maximum absolute atomic E-state index is 4.12. The van der Waals surface area contributed by atoms with Gasteiger partial charge in [0.1, 0.15) is 0 Å². The van der Waals surface area contributed by atoms with Gasteiger partial charge in [-0.1, -0.05) is 19.3 Å². The van der Waals surface area contributed by atoms with Gasteiger partial charge in [-0.2, -0.15) is 0 Å². The van der Waals surface area contributed by atoms with E-state index in [2.05, 4.69) is 26.0 Å². The number of hydrogen-bond acceptors (Lipinski definition) is 3. The Bertz CT molecular complexity index is 370. The zero-order valence-electron chi connectivity index (χ0n) is 12.5. The number of rotatable bonds is 5. The molecule has 4 nitrogen and oxygen atoms in total. The fraction of sp³-hybridized carbons (Fsp3) is 0.812. The van der Waals surface area contributed by atoms with Crippen LogP contribution in [-0.4, -0.2) is 46.7 Å². The summed E-state index contributed by atoms with van der Waals surface area (Å²) in [5.41, 5.74) is 0. The van der Waals surface area contributed by atoms with Crippen molar-refractivity contribution >= 4 is 0 Å². The summed E-state index contributed by atoms with van der Waals surface area (Å²) in [4.78, 5) is 6.87. The molecule has 4 heteroatoms. The van der Waals surface area contributed by atoms with Crippen molar-refractivity contribution in [2.75, 3.05) is 26.2 Å². The van der Waals surface area contributed by atoms with Crippen molar-refractivity contribution in [1.29, 1.82) is 0 Å². The number of imidazole rings is 1. The third-order valence-corrected chi connectivity index (χ3v) is 5.01. The van der Waals surface area contributed by atoms with Crippen LogP contribution in [0.5, 0.6) is 0 Å². The lowest BCUT2D eigenvalue weighted by molar-refractivity contribution is 0.0903. The van der Waals surface area contributed by atoms with Crippen molar-refractivity contribution in [1.82, 2.24) is 19.8 Å². The summed E-state index contributed by atoms with van der Waals surface area (Å²) in [7, 11) is 0. The zero-order valence-corrected chi connectivity index (χ0v) is 12.5. The molecule has 3 rings (SSSR count). The van der Waals surface area contributed by atoms with E-state index in [0.717, 1.165) is 25.0 Å². The maximum Gasteiger partial charge on any atom is 0.0945 e. The van der Waals surface area contributed by atoms with Gasteiger partial charge in [0.05, 0.1) is 6.33 Å². The highest BCUT2D eigenvalue weighted by Crippen LogP contribution is 2.29. The van der Waals surface area contributed by atoms with Gasteiger partial charge in [0.2, 0.25) is 0 Å². The van der Waals surface area contributed by atoms with Crippen LogP contribution in [0.3, 0.4) is 0 Å². The van der Waals surface area contributed by atoms with Crippen molar-refractivity contribution in [2.45, 2.75) is 51.1 Å². The number of piperazine rings is 1. The number of nitrogens with one attached hydrogen (secondary N) is 1. The van der Waals surface area contributed by atoms with Crippen LogP contribution in [0, 0.1) is 5.92 Å². The maximum atomic E-state index is 4.12. The topological polar surface area (TPSA) is 33.1 Å². The Balaban J connectivity index is 1.49. The van der Waals surface area contributed by atoms with E-state index in [1.165, 1.54) is 58.2 Å². The van der Waals surface area contributed by atoms with Gasteiger partial charge in [-0.3, -0.25) is 4.90 Å². The normalized spacial score (nSPS) is 25.9. The lowest BCUT2D eigenvalue weighted by Crippen LogP contribution is -2.55. The second-order valence-electron chi connectivity index (χ2n) is 6.36. The van der Waals surface area contributed by atoms with E-state index in [1.54, 1.807) is 0 Å². The Morgan fingerprint density at radius 3 is 2.85 bits per heavy atom. The fourth-order valence-electron chi connectivity index (χ4n) is 3.90. The molecule has 0 bridgehead atoms. The molecule has 0 amide bonds. The molecule has 112 valence electrons. The van der Waals surface area contributed by atoms with E-state index in [-0.39, 0.29) is 0 Å². The van der Waals surface area contributed by atoms with E-state index in [4.69, 9.17) is 0 Å². The number of nitrogens with zero attached hydrogens (tertiary/aromatic N) is 3. The van der Waals surface area contributed by atoms with Gasteiger partial charge in [0.25, 0.3) is 0 Å². The van der Waals surface area contributed by atoms with Gasteiger partial charge in [-0.05, 0) is 25.2 Å². The summed E-state index contributed by atoms with van der Waals surface area (Å²) in [6.07, 6.45) is 14.3. The molecule has 1 aromatic heterocycles. The molecule has 1 aliphatic carbocycles. The van der Waals surface area contributed by atoms with Crippen molar-refractivity contribution in [2.24, 2.45) is 5.92 Å². The lowest BCUT2D eigenvalue weighted by atomic mass is 9.82. The largest absolute Gasteiger partial charge is 0.337 e. The van der Waals surface area contributed by atoms with Crippen molar-refractivity contribution < 1.29 is 0 Å². The smallest absolute Gasteiger partial charge is 0.0945 e. The molecular formula is C16H28N4. The zero-order chi connectivity index (χ0) is 13.6. The van der Waals surface area contributed by atoms with Gasteiger partial charge in [0, 0.05) is 51.2 Å². The Labute approximate surface area is 122 Å². The fourth-order valence-corrected chi connectivity index (χ4v) is 3.90. The summed E-state index contributed by atoms with van der Waals surface area (Å²) in [5.74, 6) is 0.935. The summed E-state index contributed by atoms with van der Waals surface area (Å²) in [6, 6.07) is 0.784. The van der Waals surface area contributed by atoms with Crippen molar-refractivity contribution in [3.05, 3.63) is 18.7 Å². The van der Waals surface area contributed by atoms with Crippen LogP contribution >= 0.6 is 0 Å². The Morgan fingerprint density at radius 1 is 1.15 bits per heavy atom. The average Bonchev–Trinajstić information content (AvgIpc) is 3.02. The SMILES string of the molecule is c1cn(CCCN2CCNCC2C2CCCCC2)cn1. The van der Waals surface area contributed by atoms with E-state index in [9.17, 15) is 0 Å². The molecule has 1 saturated heterocycles. The van der Waals surface area contributed by atoms with E-state index >= 15 is 0 Å². The molecule has 1 saturated carbocycles. The van der Waals surface area contributed by atoms with Crippen LogP contribution in [0.25, 0.3) is 0 Å². The molecule has 2 heterocycles. The highest BCUT2D eigenvalue weighted by Gasteiger charge is 2.30. The molecule has 2 fully saturated rings. The van der Waals surface area contributed by atoms with Crippen molar-refractivity contribution in [3.8, 4) is 0 Å². The third kappa shape index (κ3) is 3.61. The van der Waals surface area contributed by atoms with Gasteiger partial charge in [-0.25, -0.2) is 4.98 Å². The molecule has 0 spiro atoms. The lowest BCUT2D eigenvalue weighted by Gasteiger charge is -2.42. The standard InChI is InChI=1S/C16H28N4/c1-2-5-15(6-3-1)16-13-17-8-12-20(16)10-4-9-19-11-7-18-14-19/h7,11,14-17H,1-6,8-10,12-13H2. The van der Waals surface area contributed by atoms with Gasteiger partial charge in [0.15, 0.2) is 0 Å². The Morgan fingerprint density at radius 2 is 2.05 bits per heavy atom. The van der Waals surface area contributed by atoms with Crippen LogP contribution < -0.4 is 5.32 Å². The second-order valence-corrected chi connectivity index (χ2v) is 6.36. The molecule has 1 N–H and O–H groups in total. The van der Waals surface area contributed by atoms with Gasteiger partial charge >= 0.3 is 0 Å². The predicted molar refractivity (Wildman–Crippen MR) is 81.6 cm³/mol. The van der Waals surface area contributed by atoms with Crippen LogP contribution in [0.2, 0.25) is 0 Å². The number of hydrogen-bond donors (Lipinski definition) is 1. The average molecular weight is 276 g/mol. The first-order chi connectivity index (χ1) is 9.93. The Hall–Kier alpha value is -0.870. The summed E-state index contributed by atoms with van der Waals surface area (Å²) >= 11 is 0. The Kier molecular flexibility index (Phi) is 5.09. The highest BCUT2D eigenvalue weighted by atomic mass is 15.2. The van der Waals surface area contributed by atoms with E-state index < -0.39 is 0 Å². The molecule has 0 aromatic carbocycles. The number of aromatic nitrogens is 2. The summed E-state index contributed by atoms with van der Waals surface area (Å²) in [6.45, 7) is 5.93. The van der Waals surface area contributed by atoms with Crippen LogP contribution in [0.1, 0.15) is 38.5 Å². The quantitative estimate of drug-likeness (QED) is 0.894.